The standard InChI is InChI=1S/C11H14BrN3O2/c1-13-9-6-17-5-8(9)11(16)15-7-2-3-10(12)14-4-7/h2-4,8-9,13H,5-6H2,1H3,(H,15,16). The number of nitrogens with zero attached hydrogens (tertiary/aromatic N) is 1. The van der Waals surface area contributed by atoms with Crippen molar-refractivity contribution in [2.24, 2.45) is 5.92 Å². The van der Waals surface area contributed by atoms with Gasteiger partial charge in [0.25, 0.3) is 0 Å². The zero-order valence-electron chi connectivity index (χ0n) is 9.44. The Morgan fingerprint density at radius 3 is 3.00 bits per heavy atom. The van der Waals surface area contributed by atoms with Gasteiger partial charge in [0.05, 0.1) is 31.0 Å². The first-order valence-corrected chi connectivity index (χ1v) is 6.17. The minimum absolute atomic E-state index is 0.0361. The van der Waals surface area contributed by atoms with Gasteiger partial charge in [0.1, 0.15) is 4.60 Å². The SMILES string of the molecule is CNC1COCC1C(=O)Nc1ccc(Br)nc1. The molecule has 0 aliphatic carbocycles. The minimum atomic E-state index is -0.149. The Kier molecular flexibility index (Phi) is 4.09. The quantitative estimate of drug-likeness (QED) is 0.818. The second kappa shape index (κ2) is 5.57. The van der Waals surface area contributed by atoms with Gasteiger partial charge in [-0.05, 0) is 35.1 Å². The summed E-state index contributed by atoms with van der Waals surface area (Å²) in [4.78, 5) is 16.1. The van der Waals surface area contributed by atoms with Crippen LogP contribution < -0.4 is 10.6 Å². The van der Waals surface area contributed by atoms with E-state index in [0.29, 0.717) is 18.9 Å². The van der Waals surface area contributed by atoms with Crippen molar-refractivity contribution < 1.29 is 9.53 Å². The Balaban J connectivity index is 1.99. The second-order valence-electron chi connectivity index (χ2n) is 3.90. The molecule has 0 saturated carbocycles. The molecule has 0 bridgehead atoms. The highest BCUT2D eigenvalue weighted by atomic mass is 79.9. The van der Waals surface area contributed by atoms with Gasteiger partial charge in [-0.25, -0.2) is 4.98 Å². The molecule has 1 aliphatic rings. The lowest BCUT2D eigenvalue weighted by Gasteiger charge is -2.16. The van der Waals surface area contributed by atoms with E-state index >= 15 is 0 Å². The van der Waals surface area contributed by atoms with Crippen LogP contribution in [-0.2, 0) is 9.53 Å². The van der Waals surface area contributed by atoms with Crippen molar-refractivity contribution in [2.75, 3.05) is 25.6 Å². The number of aromatic nitrogens is 1. The summed E-state index contributed by atoms with van der Waals surface area (Å²) in [5.74, 6) is -0.186. The van der Waals surface area contributed by atoms with Crippen molar-refractivity contribution in [1.29, 1.82) is 0 Å². The number of carbonyl (C=O) groups excluding carboxylic acids is 1. The van der Waals surface area contributed by atoms with Gasteiger partial charge in [0, 0.05) is 6.04 Å². The van der Waals surface area contributed by atoms with E-state index in [1.54, 1.807) is 18.3 Å². The first kappa shape index (κ1) is 12.5. The summed E-state index contributed by atoms with van der Waals surface area (Å²) in [7, 11) is 1.83. The lowest BCUT2D eigenvalue weighted by atomic mass is 10.0. The number of rotatable bonds is 3. The van der Waals surface area contributed by atoms with Crippen LogP contribution in [0.3, 0.4) is 0 Å². The molecule has 0 aromatic carbocycles. The third-order valence-electron chi connectivity index (χ3n) is 2.78. The van der Waals surface area contributed by atoms with E-state index in [2.05, 4.69) is 31.5 Å². The maximum absolute atomic E-state index is 12.0. The van der Waals surface area contributed by atoms with Crippen LogP contribution in [0.25, 0.3) is 0 Å². The number of carbonyl (C=O) groups is 1. The number of halogens is 1. The molecular formula is C11H14BrN3O2. The summed E-state index contributed by atoms with van der Waals surface area (Å²) >= 11 is 3.24. The molecule has 1 amide bonds. The van der Waals surface area contributed by atoms with Crippen LogP contribution in [0.1, 0.15) is 0 Å². The van der Waals surface area contributed by atoms with Crippen molar-refractivity contribution in [1.82, 2.24) is 10.3 Å². The highest BCUT2D eigenvalue weighted by molar-refractivity contribution is 9.10. The molecule has 0 spiro atoms. The Bertz CT molecular complexity index is 396. The van der Waals surface area contributed by atoms with E-state index in [9.17, 15) is 4.79 Å². The van der Waals surface area contributed by atoms with Crippen LogP contribution in [-0.4, -0.2) is 37.2 Å². The minimum Gasteiger partial charge on any atom is -0.379 e. The molecule has 6 heteroatoms. The van der Waals surface area contributed by atoms with Gasteiger partial charge in [0.2, 0.25) is 5.91 Å². The fraction of sp³-hybridized carbons (Fsp3) is 0.455. The summed E-state index contributed by atoms with van der Waals surface area (Å²) in [6.45, 7) is 1.04. The molecule has 1 aromatic heterocycles. The lowest BCUT2D eigenvalue weighted by Crippen LogP contribution is -2.39. The van der Waals surface area contributed by atoms with Gasteiger partial charge in [-0.1, -0.05) is 0 Å². The maximum atomic E-state index is 12.0. The number of nitrogens with one attached hydrogen (secondary N) is 2. The summed E-state index contributed by atoms with van der Waals surface area (Å²) in [5.41, 5.74) is 0.694. The van der Waals surface area contributed by atoms with E-state index in [0.717, 1.165) is 4.60 Å². The molecule has 2 unspecified atom stereocenters. The molecule has 2 rings (SSSR count). The van der Waals surface area contributed by atoms with Crippen LogP contribution >= 0.6 is 15.9 Å². The Morgan fingerprint density at radius 2 is 2.35 bits per heavy atom. The third-order valence-corrected chi connectivity index (χ3v) is 3.25. The second-order valence-corrected chi connectivity index (χ2v) is 4.71. The number of ether oxygens (including phenoxy) is 1. The average Bonchev–Trinajstić information content (AvgIpc) is 2.80. The molecule has 1 fully saturated rings. The summed E-state index contributed by atoms with van der Waals surface area (Å²) in [5, 5.41) is 5.91. The van der Waals surface area contributed by atoms with Gasteiger partial charge in [0.15, 0.2) is 0 Å². The molecule has 1 saturated heterocycles. The van der Waals surface area contributed by atoms with Crippen molar-refractivity contribution in [3.63, 3.8) is 0 Å². The van der Waals surface area contributed by atoms with Crippen LogP contribution in [0.4, 0.5) is 5.69 Å². The maximum Gasteiger partial charge on any atom is 0.231 e. The topological polar surface area (TPSA) is 63.2 Å². The number of amides is 1. The number of anilines is 1. The smallest absolute Gasteiger partial charge is 0.231 e. The van der Waals surface area contributed by atoms with Gasteiger partial charge in [-0.2, -0.15) is 0 Å². The van der Waals surface area contributed by atoms with E-state index in [1.807, 2.05) is 7.05 Å². The van der Waals surface area contributed by atoms with Gasteiger partial charge >= 0.3 is 0 Å². The molecule has 5 nitrogen and oxygen atoms in total. The average molecular weight is 300 g/mol. The normalized spacial score (nSPS) is 23.6. The zero-order chi connectivity index (χ0) is 12.3. The predicted octanol–water partition coefficient (Wildman–Crippen LogP) is 1.02. The molecule has 17 heavy (non-hydrogen) atoms. The Hall–Kier alpha value is -0.980. The predicted molar refractivity (Wildman–Crippen MR) is 67.7 cm³/mol. The molecule has 2 heterocycles. The van der Waals surface area contributed by atoms with E-state index < -0.39 is 0 Å². The van der Waals surface area contributed by atoms with Crippen LogP contribution in [0.15, 0.2) is 22.9 Å². The van der Waals surface area contributed by atoms with Crippen molar-refractivity contribution in [3.05, 3.63) is 22.9 Å². The van der Waals surface area contributed by atoms with Crippen LogP contribution in [0.2, 0.25) is 0 Å². The van der Waals surface area contributed by atoms with Crippen LogP contribution in [0.5, 0.6) is 0 Å². The fourth-order valence-electron chi connectivity index (χ4n) is 1.78. The van der Waals surface area contributed by atoms with Crippen molar-refractivity contribution >= 4 is 27.5 Å². The molecule has 1 aliphatic heterocycles. The highest BCUT2D eigenvalue weighted by Gasteiger charge is 2.32. The number of pyridine rings is 1. The van der Waals surface area contributed by atoms with E-state index in [-0.39, 0.29) is 17.9 Å². The van der Waals surface area contributed by atoms with Crippen LogP contribution in [0, 0.1) is 5.92 Å². The lowest BCUT2D eigenvalue weighted by molar-refractivity contribution is -0.120. The van der Waals surface area contributed by atoms with Gasteiger partial charge in [-0.15, -0.1) is 0 Å². The molecule has 0 radical (unpaired) electrons. The first-order chi connectivity index (χ1) is 8.20. The van der Waals surface area contributed by atoms with E-state index in [1.165, 1.54) is 0 Å². The van der Waals surface area contributed by atoms with Gasteiger partial charge < -0.3 is 15.4 Å². The van der Waals surface area contributed by atoms with Crippen molar-refractivity contribution in [3.8, 4) is 0 Å². The molecular weight excluding hydrogens is 286 g/mol. The first-order valence-electron chi connectivity index (χ1n) is 5.38. The largest absolute Gasteiger partial charge is 0.379 e. The fourth-order valence-corrected chi connectivity index (χ4v) is 2.02. The van der Waals surface area contributed by atoms with Crippen molar-refractivity contribution in [2.45, 2.75) is 6.04 Å². The third kappa shape index (κ3) is 3.02. The van der Waals surface area contributed by atoms with Gasteiger partial charge in [-0.3, -0.25) is 4.79 Å². The summed E-state index contributed by atoms with van der Waals surface area (Å²) < 4.78 is 6.04. The summed E-state index contributed by atoms with van der Waals surface area (Å²) in [6, 6.07) is 3.67. The van der Waals surface area contributed by atoms with E-state index in [4.69, 9.17) is 4.74 Å². The zero-order valence-corrected chi connectivity index (χ0v) is 11.0. The number of hydrogen-bond donors (Lipinski definition) is 2. The molecule has 2 atom stereocenters. The monoisotopic (exact) mass is 299 g/mol. The Morgan fingerprint density at radius 1 is 1.53 bits per heavy atom. The number of likely N-dealkylation sites (N-methyl/N-ethyl adjacent to an activating group) is 1. The molecule has 2 N–H and O–H groups in total. The Labute approximate surface area is 108 Å². The molecule has 1 aromatic rings. The number of hydrogen-bond acceptors (Lipinski definition) is 4. The summed E-state index contributed by atoms with van der Waals surface area (Å²) in [6.07, 6.45) is 1.62. The highest BCUT2D eigenvalue weighted by Crippen LogP contribution is 2.17. The molecule has 92 valence electrons.